The highest BCUT2D eigenvalue weighted by molar-refractivity contribution is 5.94. The maximum absolute atomic E-state index is 13.7. The Morgan fingerprint density at radius 2 is 1.85 bits per heavy atom. The van der Waals surface area contributed by atoms with Crippen molar-refractivity contribution < 1.29 is 23.1 Å². The summed E-state index contributed by atoms with van der Waals surface area (Å²) in [6.07, 6.45) is 0. The topological polar surface area (TPSA) is 70.2 Å². The molecule has 1 aromatic carbocycles. The fourth-order valence-electron chi connectivity index (χ4n) is 2.00. The average Bonchev–Trinajstić information content (AvgIpc) is 2.36. The molecule has 0 fully saturated rings. The maximum Gasteiger partial charge on any atom is 0.341 e. The number of aromatic nitrogens is 1. The van der Waals surface area contributed by atoms with E-state index in [0.717, 1.165) is 0 Å². The number of aromatic amines is 1. The third-order valence-corrected chi connectivity index (χ3v) is 2.95. The third-order valence-electron chi connectivity index (χ3n) is 2.95. The van der Waals surface area contributed by atoms with E-state index in [0.29, 0.717) is 6.07 Å². The van der Waals surface area contributed by atoms with Gasteiger partial charge >= 0.3 is 5.97 Å². The number of H-pyrrole nitrogens is 1. The van der Waals surface area contributed by atoms with Crippen molar-refractivity contribution in [3.63, 3.8) is 0 Å². The van der Waals surface area contributed by atoms with Crippen molar-refractivity contribution in [2.75, 3.05) is 0 Å². The van der Waals surface area contributed by atoms with Crippen molar-refractivity contribution >= 4 is 16.9 Å². The lowest BCUT2D eigenvalue weighted by Crippen LogP contribution is -2.21. The van der Waals surface area contributed by atoms with Crippen molar-refractivity contribution in [2.45, 2.75) is 19.8 Å². The first-order valence-electron chi connectivity index (χ1n) is 5.72. The van der Waals surface area contributed by atoms with Gasteiger partial charge in [0.25, 0.3) is 0 Å². The Kier molecular flexibility index (Phi) is 3.29. The van der Waals surface area contributed by atoms with E-state index in [2.05, 4.69) is 4.98 Å². The van der Waals surface area contributed by atoms with Crippen LogP contribution in [-0.4, -0.2) is 16.1 Å². The predicted molar refractivity (Wildman–Crippen MR) is 65.5 cm³/mol. The summed E-state index contributed by atoms with van der Waals surface area (Å²) in [6, 6.07) is 0.489. The number of rotatable bonds is 2. The van der Waals surface area contributed by atoms with Gasteiger partial charge in [-0.15, -0.1) is 0 Å². The van der Waals surface area contributed by atoms with Gasteiger partial charge in [-0.25, -0.2) is 18.0 Å². The van der Waals surface area contributed by atoms with Crippen molar-refractivity contribution in [3.8, 4) is 0 Å². The minimum absolute atomic E-state index is 0.0418. The van der Waals surface area contributed by atoms with Crippen LogP contribution in [0.25, 0.3) is 10.9 Å². The molecule has 0 spiro atoms. The van der Waals surface area contributed by atoms with Crippen molar-refractivity contribution in [1.82, 2.24) is 4.98 Å². The van der Waals surface area contributed by atoms with Crippen LogP contribution in [0.3, 0.4) is 0 Å². The molecule has 20 heavy (non-hydrogen) atoms. The molecule has 0 bridgehead atoms. The molecule has 106 valence electrons. The van der Waals surface area contributed by atoms with Gasteiger partial charge in [-0.3, -0.25) is 4.79 Å². The quantitative estimate of drug-likeness (QED) is 0.833. The van der Waals surface area contributed by atoms with Gasteiger partial charge in [0.2, 0.25) is 5.43 Å². The summed E-state index contributed by atoms with van der Waals surface area (Å²) in [6.45, 7) is 3.17. The highest BCUT2D eigenvalue weighted by Gasteiger charge is 2.24. The maximum atomic E-state index is 13.7. The molecular formula is C13H10F3NO3. The molecule has 0 saturated carbocycles. The van der Waals surface area contributed by atoms with Gasteiger partial charge in [-0.05, 0) is 12.0 Å². The molecule has 0 radical (unpaired) electrons. The fourth-order valence-corrected chi connectivity index (χ4v) is 2.00. The number of hydrogen-bond donors (Lipinski definition) is 2. The van der Waals surface area contributed by atoms with Crippen molar-refractivity contribution in [3.05, 3.63) is 45.0 Å². The molecular weight excluding hydrogens is 275 g/mol. The summed E-state index contributed by atoms with van der Waals surface area (Å²) in [4.78, 5) is 25.6. The first-order chi connectivity index (χ1) is 9.25. The number of carboxylic acid groups (broad SMARTS) is 1. The Balaban J connectivity index is 3.06. The smallest absolute Gasteiger partial charge is 0.341 e. The molecule has 0 amide bonds. The lowest BCUT2D eigenvalue weighted by atomic mass is 10.0. The molecule has 0 saturated heterocycles. The lowest BCUT2D eigenvalue weighted by Gasteiger charge is -2.12. The molecule has 0 aliphatic rings. The van der Waals surface area contributed by atoms with Gasteiger partial charge in [-0.1, -0.05) is 13.8 Å². The van der Waals surface area contributed by atoms with Crippen LogP contribution in [0.4, 0.5) is 13.2 Å². The molecule has 0 unspecified atom stereocenters. The van der Waals surface area contributed by atoms with Crippen LogP contribution in [0, 0.1) is 17.5 Å². The number of hydrogen-bond acceptors (Lipinski definition) is 2. The largest absolute Gasteiger partial charge is 0.477 e. The van der Waals surface area contributed by atoms with E-state index in [4.69, 9.17) is 5.11 Å². The highest BCUT2D eigenvalue weighted by Crippen LogP contribution is 2.23. The Morgan fingerprint density at radius 3 is 2.35 bits per heavy atom. The second kappa shape index (κ2) is 4.66. The number of pyridine rings is 1. The van der Waals surface area contributed by atoms with E-state index in [-0.39, 0.29) is 5.69 Å². The lowest BCUT2D eigenvalue weighted by molar-refractivity contribution is 0.0693. The second-order valence-corrected chi connectivity index (χ2v) is 4.61. The molecule has 2 N–H and O–H groups in total. The van der Waals surface area contributed by atoms with Crippen LogP contribution in [-0.2, 0) is 0 Å². The molecule has 7 heteroatoms. The van der Waals surface area contributed by atoms with Crippen LogP contribution in [0.5, 0.6) is 0 Å². The van der Waals surface area contributed by atoms with Crippen LogP contribution in [0.2, 0.25) is 0 Å². The average molecular weight is 285 g/mol. The Hall–Kier alpha value is -2.31. The van der Waals surface area contributed by atoms with Crippen molar-refractivity contribution in [2.24, 2.45) is 0 Å². The first-order valence-corrected chi connectivity index (χ1v) is 5.72. The molecule has 1 aromatic heterocycles. The summed E-state index contributed by atoms with van der Waals surface area (Å²) < 4.78 is 40.0. The van der Waals surface area contributed by atoms with Gasteiger partial charge in [0.15, 0.2) is 17.5 Å². The third kappa shape index (κ3) is 1.95. The first kappa shape index (κ1) is 14.1. The zero-order valence-electron chi connectivity index (χ0n) is 10.6. The Bertz CT molecular complexity index is 781. The van der Waals surface area contributed by atoms with E-state index in [9.17, 15) is 22.8 Å². The molecule has 1 heterocycles. The highest BCUT2D eigenvalue weighted by atomic mass is 19.2. The molecule has 4 nitrogen and oxygen atoms in total. The van der Waals surface area contributed by atoms with Crippen LogP contribution in [0.15, 0.2) is 10.9 Å². The van der Waals surface area contributed by atoms with Gasteiger partial charge < -0.3 is 10.1 Å². The van der Waals surface area contributed by atoms with Crippen molar-refractivity contribution in [1.29, 1.82) is 0 Å². The monoisotopic (exact) mass is 285 g/mol. The molecule has 2 rings (SSSR count). The standard InChI is InChI=1S/C13H10F3NO3/c1-4(2)10-7(13(19)20)12(18)5-3-6(14)8(15)9(16)11(5)17-10/h3-4H,1-2H3,(H,17,18)(H,19,20). The second-order valence-electron chi connectivity index (χ2n) is 4.61. The van der Waals surface area contributed by atoms with Crippen LogP contribution < -0.4 is 5.43 Å². The minimum Gasteiger partial charge on any atom is -0.477 e. The van der Waals surface area contributed by atoms with E-state index >= 15 is 0 Å². The van der Waals surface area contributed by atoms with Gasteiger partial charge in [0.05, 0.1) is 10.9 Å². The molecule has 0 aliphatic carbocycles. The summed E-state index contributed by atoms with van der Waals surface area (Å²) in [7, 11) is 0. The summed E-state index contributed by atoms with van der Waals surface area (Å²) in [5, 5.41) is 8.53. The van der Waals surface area contributed by atoms with Gasteiger partial charge in [0.1, 0.15) is 5.56 Å². The molecule has 0 aliphatic heterocycles. The number of fused-ring (bicyclic) bond motifs is 1. The zero-order chi connectivity index (χ0) is 15.2. The van der Waals surface area contributed by atoms with Crippen LogP contribution in [0.1, 0.15) is 35.8 Å². The number of benzene rings is 1. The number of nitrogens with one attached hydrogen (secondary N) is 1. The van der Waals surface area contributed by atoms with E-state index in [1.54, 1.807) is 13.8 Å². The molecule has 0 atom stereocenters. The number of carboxylic acids is 1. The summed E-state index contributed by atoms with van der Waals surface area (Å²) >= 11 is 0. The Labute approximate surface area is 110 Å². The Morgan fingerprint density at radius 1 is 1.25 bits per heavy atom. The summed E-state index contributed by atoms with van der Waals surface area (Å²) in [5.74, 6) is -6.76. The van der Waals surface area contributed by atoms with Crippen LogP contribution >= 0.6 is 0 Å². The van der Waals surface area contributed by atoms with Gasteiger partial charge in [0, 0.05) is 5.69 Å². The summed E-state index contributed by atoms with van der Waals surface area (Å²) in [5.41, 5.74) is -2.23. The molecule has 2 aromatic rings. The number of carbonyl (C=O) groups is 1. The zero-order valence-corrected chi connectivity index (χ0v) is 10.6. The fraction of sp³-hybridized carbons (Fsp3) is 0.231. The van der Waals surface area contributed by atoms with E-state index in [1.165, 1.54) is 0 Å². The number of halogens is 3. The number of aromatic carboxylic acids is 1. The minimum atomic E-state index is -1.72. The van der Waals surface area contributed by atoms with Gasteiger partial charge in [-0.2, -0.15) is 0 Å². The predicted octanol–water partition coefficient (Wildman–Crippen LogP) is 2.77. The van der Waals surface area contributed by atoms with E-state index in [1.807, 2.05) is 0 Å². The normalized spacial score (nSPS) is 11.3. The van der Waals surface area contributed by atoms with E-state index < -0.39 is 51.2 Å². The SMILES string of the molecule is CC(C)c1[nH]c2c(F)c(F)c(F)cc2c(=O)c1C(=O)O.